The van der Waals surface area contributed by atoms with Crippen molar-refractivity contribution in [3.8, 4) is 28.7 Å². The quantitative estimate of drug-likeness (QED) is 0.387. The summed E-state index contributed by atoms with van der Waals surface area (Å²) in [5, 5.41) is 39.8. The van der Waals surface area contributed by atoms with E-state index >= 15 is 0 Å². The standard InChI is InChI=1S/C21H24O8/c1-4-6-11-8-13(22)10-14(23)16(11)21(27)29-18-15(24)9-12(7-5-2)17(20(25)26)19(18)28-3/h8-10,22-24H,4-7H2,1-3H3,(H,25,26). The fraction of sp³-hybridized carbons (Fsp3) is 0.333. The highest BCUT2D eigenvalue weighted by molar-refractivity contribution is 5.98. The van der Waals surface area contributed by atoms with E-state index in [-0.39, 0.29) is 22.6 Å². The average molecular weight is 404 g/mol. The Morgan fingerprint density at radius 3 is 1.97 bits per heavy atom. The number of phenolic OH excluding ortho intramolecular Hbond substituents is 3. The lowest BCUT2D eigenvalue weighted by molar-refractivity contribution is 0.0676. The van der Waals surface area contributed by atoms with E-state index in [0.717, 1.165) is 6.07 Å². The number of carbonyl (C=O) groups is 2. The van der Waals surface area contributed by atoms with Gasteiger partial charge < -0.3 is 29.9 Å². The summed E-state index contributed by atoms with van der Waals surface area (Å²) in [6, 6.07) is 3.56. The van der Waals surface area contributed by atoms with E-state index < -0.39 is 29.2 Å². The summed E-state index contributed by atoms with van der Waals surface area (Å²) in [7, 11) is 1.20. The number of hydrogen-bond donors (Lipinski definition) is 4. The van der Waals surface area contributed by atoms with Gasteiger partial charge in [0, 0.05) is 6.07 Å². The lowest BCUT2D eigenvalue weighted by Crippen LogP contribution is -2.14. The van der Waals surface area contributed by atoms with Gasteiger partial charge in [-0.15, -0.1) is 0 Å². The lowest BCUT2D eigenvalue weighted by Gasteiger charge is -2.17. The molecule has 0 aromatic heterocycles. The Kier molecular flexibility index (Phi) is 6.93. The average Bonchev–Trinajstić information content (AvgIpc) is 2.63. The molecule has 8 nitrogen and oxygen atoms in total. The van der Waals surface area contributed by atoms with Gasteiger partial charge in [-0.2, -0.15) is 0 Å². The van der Waals surface area contributed by atoms with Crippen LogP contribution in [0.5, 0.6) is 28.7 Å². The van der Waals surface area contributed by atoms with Gasteiger partial charge in [0.05, 0.1) is 7.11 Å². The van der Waals surface area contributed by atoms with E-state index in [0.29, 0.717) is 36.8 Å². The molecule has 0 radical (unpaired) electrons. The molecule has 2 rings (SSSR count). The maximum absolute atomic E-state index is 12.8. The number of carboxylic acids is 1. The summed E-state index contributed by atoms with van der Waals surface area (Å²) in [6.07, 6.45) is 2.01. The molecule has 29 heavy (non-hydrogen) atoms. The highest BCUT2D eigenvalue weighted by atomic mass is 16.6. The number of rotatable bonds is 8. The van der Waals surface area contributed by atoms with Crippen LogP contribution in [0.2, 0.25) is 0 Å². The number of hydrogen-bond acceptors (Lipinski definition) is 7. The molecule has 0 amide bonds. The van der Waals surface area contributed by atoms with Crippen LogP contribution in [0.3, 0.4) is 0 Å². The molecular formula is C21H24O8. The number of carbonyl (C=O) groups excluding carboxylic acids is 1. The predicted octanol–water partition coefficient (Wildman–Crippen LogP) is 3.63. The van der Waals surface area contributed by atoms with Crippen molar-refractivity contribution in [1.29, 1.82) is 0 Å². The fourth-order valence-electron chi connectivity index (χ4n) is 3.19. The van der Waals surface area contributed by atoms with E-state index in [1.807, 2.05) is 13.8 Å². The second kappa shape index (κ2) is 9.18. The van der Waals surface area contributed by atoms with E-state index in [1.54, 1.807) is 0 Å². The van der Waals surface area contributed by atoms with Crippen LogP contribution in [-0.2, 0) is 12.8 Å². The number of aromatic carboxylic acids is 1. The van der Waals surface area contributed by atoms with Crippen LogP contribution in [0.1, 0.15) is 58.5 Å². The molecular weight excluding hydrogens is 380 g/mol. The zero-order chi connectivity index (χ0) is 21.7. The first-order valence-corrected chi connectivity index (χ1v) is 9.18. The molecule has 0 fully saturated rings. The number of aromatic hydroxyl groups is 3. The van der Waals surface area contributed by atoms with Crippen molar-refractivity contribution in [2.75, 3.05) is 7.11 Å². The van der Waals surface area contributed by atoms with Crippen molar-refractivity contribution >= 4 is 11.9 Å². The van der Waals surface area contributed by atoms with Crippen LogP contribution in [0.15, 0.2) is 18.2 Å². The second-order valence-electron chi connectivity index (χ2n) is 6.49. The lowest BCUT2D eigenvalue weighted by atomic mass is 10.00. The first-order chi connectivity index (χ1) is 13.7. The van der Waals surface area contributed by atoms with Crippen molar-refractivity contribution < 1.29 is 39.5 Å². The Morgan fingerprint density at radius 1 is 0.862 bits per heavy atom. The van der Waals surface area contributed by atoms with Crippen molar-refractivity contribution in [1.82, 2.24) is 0 Å². The van der Waals surface area contributed by atoms with Gasteiger partial charge >= 0.3 is 11.9 Å². The number of methoxy groups -OCH3 is 1. The topological polar surface area (TPSA) is 134 Å². The molecule has 0 spiro atoms. The van der Waals surface area contributed by atoms with Gasteiger partial charge in [0.1, 0.15) is 22.6 Å². The summed E-state index contributed by atoms with van der Waals surface area (Å²) in [4.78, 5) is 24.5. The van der Waals surface area contributed by atoms with Gasteiger partial charge in [0.15, 0.2) is 11.5 Å². The second-order valence-corrected chi connectivity index (χ2v) is 6.49. The van der Waals surface area contributed by atoms with Gasteiger partial charge in [-0.25, -0.2) is 9.59 Å². The van der Waals surface area contributed by atoms with Crippen molar-refractivity contribution in [3.05, 3.63) is 40.5 Å². The molecule has 0 unspecified atom stereocenters. The minimum Gasteiger partial charge on any atom is -0.508 e. The molecule has 0 saturated heterocycles. The molecule has 0 atom stereocenters. The molecule has 0 aliphatic heterocycles. The first-order valence-electron chi connectivity index (χ1n) is 9.18. The van der Waals surface area contributed by atoms with E-state index in [4.69, 9.17) is 9.47 Å². The molecule has 2 aromatic carbocycles. The van der Waals surface area contributed by atoms with E-state index in [2.05, 4.69) is 0 Å². The Labute approximate surface area is 168 Å². The number of ether oxygens (including phenoxy) is 2. The third-order valence-electron chi connectivity index (χ3n) is 4.34. The van der Waals surface area contributed by atoms with Crippen molar-refractivity contribution in [2.45, 2.75) is 39.5 Å². The Bertz CT molecular complexity index is 933. The Morgan fingerprint density at radius 2 is 1.45 bits per heavy atom. The third kappa shape index (κ3) is 4.53. The van der Waals surface area contributed by atoms with Crippen LogP contribution >= 0.6 is 0 Å². The summed E-state index contributed by atoms with van der Waals surface area (Å²) < 4.78 is 10.4. The van der Waals surface area contributed by atoms with Crippen LogP contribution in [0.4, 0.5) is 0 Å². The molecule has 4 N–H and O–H groups in total. The highest BCUT2D eigenvalue weighted by Gasteiger charge is 2.28. The minimum absolute atomic E-state index is 0.180. The van der Waals surface area contributed by atoms with Crippen LogP contribution in [0.25, 0.3) is 0 Å². The largest absolute Gasteiger partial charge is 0.508 e. The third-order valence-corrected chi connectivity index (χ3v) is 4.34. The van der Waals surface area contributed by atoms with Crippen LogP contribution < -0.4 is 9.47 Å². The summed E-state index contributed by atoms with van der Waals surface area (Å²) >= 11 is 0. The first kappa shape index (κ1) is 21.9. The Hall–Kier alpha value is -3.42. The van der Waals surface area contributed by atoms with Crippen molar-refractivity contribution in [2.24, 2.45) is 0 Å². The molecule has 156 valence electrons. The molecule has 0 heterocycles. The minimum atomic E-state index is -1.29. The predicted molar refractivity (Wildman–Crippen MR) is 104 cm³/mol. The van der Waals surface area contributed by atoms with Crippen LogP contribution in [-0.4, -0.2) is 39.5 Å². The van der Waals surface area contributed by atoms with Gasteiger partial charge in [-0.05, 0) is 36.1 Å². The molecule has 0 bridgehead atoms. The van der Waals surface area contributed by atoms with Crippen LogP contribution in [0, 0.1) is 0 Å². The summed E-state index contributed by atoms with van der Waals surface area (Å²) in [5.74, 6) is -4.20. The number of esters is 1. The zero-order valence-corrected chi connectivity index (χ0v) is 16.5. The van der Waals surface area contributed by atoms with Gasteiger partial charge in [0.2, 0.25) is 5.75 Å². The van der Waals surface area contributed by atoms with E-state index in [9.17, 15) is 30.0 Å². The Balaban J connectivity index is 2.59. The zero-order valence-electron chi connectivity index (χ0n) is 16.5. The fourth-order valence-corrected chi connectivity index (χ4v) is 3.19. The molecule has 8 heteroatoms. The maximum atomic E-state index is 12.8. The molecule has 0 aliphatic carbocycles. The molecule has 0 aliphatic rings. The van der Waals surface area contributed by atoms with E-state index in [1.165, 1.54) is 19.2 Å². The smallest absolute Gasteiger partial charge is 0.347 e. The number of aryl methyl sites for hydroxylation is 2. The summed E-state index contributed by atoms with van der Waals surface area (Å²) in [5.41, 5.74) is 0.307. The number of phenols is 3. The highest BCUT2D eigenvalue weighted by Crippen LogP contribution is 2.43. The normalized spacial score (nSPS) is 10.6. The number of carboxylic acid groups (broad SMARTS) is 1. The van der Waals surface area contributed by atoms with Gasteiger partial charge in [0.25, 0.3) is 0 Å². The van der Waals surface area contributed by atoms with Crippen molar-refractivity contribution in [3.63, 3.8) is 0 Å². The number of benzene rings is 2. The van der Waals surface area contributed by atoms with Gasteiger partial charge in [-0.3, -0.25) is 0 Å². The summed E-state index contributed by atoms with van der Waals surface area (Å²) in [6.45, 7) is 3.71. The maximum Gasteiger partial charge on any atom is 0.347 e. The molecule has 2 aromatic rings. The SMILES string of the molecule is CCCc1cc(O)cc(O)c1C(=O)Oc1c(O)cc(CCC)c(C(=O)O)c1OC. The monoisotopic (exact) mass is 404 g/mol. The molecule has 0 saturated carbocycles. The van der Waals surface area contributed by atoms with Gasteiger partial charge in [-0.1, -0.05) is 26.7 Å².